The van der Waals surface area contributed by atoms with Crippen molar-refractivity contribution in [2.24, 2.45) is 0 Å². The molecule has 196 valence electrons. The third kappa shape index (κ3) is 15.6. The van der Waals surface area contributed by atoms with E-state index in [0.717, 1.165) is 18.9 Å². The molecule has 39 heavy (non-hydrogen) atoms. The summed E-state index contributed by atoms with van der Waals surface area (Å²) >= 11 is 0. The summed E-state index contributed by atoms with van der Waals surface area (Å²) in [5.74, 6) is 0. The SMILES string of the molecule is O=S(=O)([O-])[O-].[Li+].[Li+].[O-][n+]1ccccc1SSc1cccc[n+]1[O-].[O-][n+]1ccccc1SSc1cccc[n+]1[O-]. The number of aromatic nitrogens is 4. The molecule has 0 aromatic carbocycles. The average molecular weight is 615 g/mol. The Morgan fingerprint density at radius 1 is 0.462 bits per heavy atom. The fourth-order valence-electron chi connectivity index (χ4n) is 2.08. The van der Waals surface area contributed by atoms with Crippen molar-refractivity contribution in [3.63, 3.8) is 0 Å². The number of pyridine rings is 4. The van der Waals surface area contributed by atoms with Gasteiger partial charge in [0.2, 0.25) is 0 Å². The van der Waals surface area contributed by atoms with Gasteiger partial charge in [-0.1, -0.05) is 0 Å². The van der Waals surface area contributed by atoms with E-state index in [-0.39, 0.29) is 37.7 Å². The molecule has 0 saturated carbocycles. The van der Waals surface area contributed by atoms with Crippen LogP contribution in [0.25, 0.3) is 0 Å². The van der Waals surface area contributed by atoms with Crippen molar-refractivity contribution < 1.29 is 74.2 Å². The summed E-state index contributed by atoms with van der Waals surface area (Å²) in [6.45, 7) is 0. The molecule has 4 aromatic rings. The maximum absolute atomic E-state index is 11.3. The van der Waals surface area contributed by atoms with E-state index < -0.39 is 10.4 Å². The third-order valence-electron chi connectivity index (χ3n) is 3.58. The Morgan fingerprint density at radius 2 is 0.641 bits per heavy atom. The number of nitrogens with zero attached hydrogens (tertiary/aromatic N) is 4. The first-order valence-corrected chi connectivity index (χ1v) is 15.3. The Morgan fingerprint density at radius 3 is 0.795 bits per heavy atom. The van der Waals surface area contributed by atoms with Crippen molar-refractivity contribution in [1.82, 2.24) is 0 Å². The minimum atomic E-state index is -5.17. The quantitative estimate of drug-likeness (QED) is 0.0515. The van der Waals surface area contributed by atoms with Crippen molar-refractivity contribution in [3.05, 3.63) is 118 Å². The van der Waals surface area contributed by atoms with Crippen molar-refractivity contribution in [2.75, 3.05) is 0 Å². The summed E-state index contributed by atoms with van der Waals surface area (Å²) in [6.07, 6.45) is 5.72. The van der Waals surface area contributed by atoms with Crippen molar-refractivity contribution in [3.8, 4) is 0 Å². The first-order valence-electron chi connectivity index (χ1n) is 9.63. The van der Waals surface area contributed by atoms with Gasteiger partial charge in [0.1, 0.15) is 0 Å². The second-order valence-corrected chi connectivity index (χ2v) is 11.4. The fraction of sp³-hybridized carbons (Fsp3) is 0. The van der Waals surface area contributed by atoms with Gasteiger partial charge in [-0.25, -0.2) is 0 Å². The van der Waals surface area contributed by atoms with Crippen molar-refractivity contribution in [2.45, 2.75) is 20.1 Å². The van der Waals surface area contributed by atoms with Gasteiger partial charge in [-0.2, -0.15) is 18.9 Å². The molecular formula is C20H16Li2N4O8S5. The summed E-state index contributed by atoms with van der Waals surface area (Å²) < 4.78 is 37.2. The first kappa shape index (κ1) is 37.3. The minimum absolute atomic E-state index is 0. The molecule has 0 unspecified atom stereocenters. The molecule has 4 aromatic heterocycles. The molecule has 12 nitrogen and oxygen atoms in total. The monoisotopic (exact) mass is 614 g/mol. The summed E-state index contributed by atoms with van der Waals surface area (Å²) in [5.41, 5.74) is 0. The molecule has 0 atom stereocenters. The summed E-state index contributed by atoms with van der Waals surface area (Å²) in [6, 6.07) is 20.6. The van der Waals surface area contributed by atoms with Crippen LogP contribution in [0.3, 0.4) is 0 Å². The molecule has 0 spiro atoms. The molecule has 0 radical (unpaired) electrons. The van der Waals surface area contributed by atoms with E-state index >= 15 is 0 Å². The zero-order valence-corrected chi connectivity index (χ0v) is 24.4. The smallest absolute Gasteiger partial charge is 0.759 e. The van der Waals surface area contributed by atoms with Gasteiger partial charge in [0.15, 0.2) is 24.8 Å². The molecule has 0 amide bonds. The van der Waals surface area contributed by atoms with Crippen LogP contribution in [0, 0.1) is 20.8 Å². The molecule has 4 rings (SSSR count). The first-order chi connectivity index (χ1) is 17.5. The van der Waals surface area contributed by atoms with Gasteiger partial charge in [0.05, 0.1) is 0 Å². The molecule has 19 heteroatoms. The van der Waals surface area contributed by atoms with Gasteiger partial charge in [-0.05, 0) is 24.3 Å². The maximum Gasteiger partial charge on any atom is 1.00 e. The molecule has 0 aliphatic carbocycles. The Labute approximate surface area is 264 Å². The van der Waals surface area contributed by atoms with E-state index in [4.69, 9.17) is 17.5 Å². The van der Waals surface area contributed by atoms with Crippen LogP contribution in [0.4, 0.5) is 0 Å². The third-order valence-corrected chi connectivity index (χ3v) is 8.24. The predicted molar refractivity (Wildman–Crippen MR) is 136 cm³/mol. The van der Waals surface area contributed by atoms with Gasteiger partial charge in [0.25, 0.3) is 20.1 Å². The number of hydrogen-bond acceptors (Lipinski definition) is 12. The van der Waals surface area contributed by atoms with Gasteiger partial charge in [0, 0.05) is 102 Å². The molecule has 0 saturated heterocycles. The minimum Gasteiger partial charge on any atom is -0.759 e. The van der Waals surface area contributed by atoms with Crippen LogP contribution < -0.4 is 56.6 Å². The van der Waals surface area contributed by atoms with Crippen LogP contribution in [-0.4, -0.2) is 17.5 Å². The largest absolute Gasteiger partial charge is 1.00 e. The molecule has 0 aliphatic rings. The van der Waals surface area contributed by atoms with Crippen molar-refractivity contribution >= 4 is 53.6 Å². The molecule has 0 N–H and O–H groups in total. The number of rotatable bonds is 6. The standard InChI is InChI=1S/2C10H8N2O2S2.2Li.H2O4S/c2*13-11-7-3-1-5-9(11)15-16-10-6-2-4-8-12(10)14;;;1-5(2,3)4/h2*1-8H;;;(H2,1,2,3,4)/q;;2*+1;/p-2. The predicted octanol–water partition coefficient (Wildman–Crippen LogP) is -3.82. The molecule has 0 aliphatic heterocycles. The van der Waals surface area contributed by atoms with Crippen molar-refractivity contribution in [1.29, 1.82) is 0 Å². The Balaban J connectivity index is 0.000000606. The molecular weight excluding hydrogens is 598 g/mol. The Bertz CT molecular complexity index is 1220. The van der Waals surface area contributed by atoms with E-state index in [1.807, 2.05) is 0 Å². The van der Waals surface area contributed by atoms with Crippen LogP contribution in [0.5, 0.6) is 0 Å². The van der Waals surface area contributed by atoms with Crippen LogP contribution in [0.2, 0.25) is 0 Å². The van der Waals surface area contributed by atoms with Crippen LogP contribution >= 0.6 is 43.2 Å². The van der Waals surface area contributed by atoms with E-state index in [9.17, 15) is 20.8 Å². The topological polar surface area (TPSA) is 188 Å². The van der Waals surface area contributed by atoms with E-state index in [0.29, 0.717) is 20.1 Å². The maximum atomic E-state index is 11.3. The summed E-state index contributed by atoms with van der Waals surface area (Å²) in [7, 11) is -0.124. The molecule has 4 heterocycles. The van der Waals surface area contributed by atoms with Gasteiger partial charge in [-0.3, -0.25) is 8.42 Å². The van der Waals surface area contributed by atoms with E-state index in [2.05, 4.69) is 0 Å². The van der Waals surface area contributed by atoms with E-state index in [1.54, 1.807) is 72.8 Å². The van der Waals surface area contributed by atoms with Crippen LogP contribution in [-0.2, 0) is 10.4 Å². The second-order valence-electron chi connectivity index (χ2n) is 6.20. The van der Waals surface area contributed by atoms with Gasteiger partial charge in [-0.15, -0.1) is 0 Å². The van der Waals surface area contributed by atoms with Gasteiger partial charge < -0.3 is 29.9 Å². The molecule has 0 fully saturated rings. The Kier molecular flexibility index (Phi) is 18.5. The normalized spacial score (nSPS) is 9.90. The zero-order chi connectivity index (χ0) is 27.3. The Hall–Kier alpha value is -1.74. The van der Waals surface area contributed by atoms with Crippen LogP contribution in [0.1, 0.15) is 0 Å². The van der Waals surface area contributed by atoms with Crippen LogP contribution in [0.15, 0.2) is 118 Å². The zero-order valence-electron chi connectivity index (χ0n) is 20.3. The van der Waals surface area contributed by atoms with E-state index in [1.165, 1.54) is 68.0 Å². The second kappa shape index (κ2) is 19.4. The van der Waals surface area contributed by atoms with Gasteiger partial charge >= 0.3 is 37.7 Å². The summed E-state index contributed by atoms with van der Waals surface area (Å²) in [4.78, 5) is 0. The number of hydrogen-bond donors (Lipinski definition) is 0. The molecule has 0 bridgehead atoms. The average Bonchev–Trinajstić information content (AvgIpc) is 2.84. The fourth-order valence-corrected chi connectivity index (χ4v) is 6.07. The summed E-state index contributed by atoms with van der Waals surface area (Å²) in [5, 5.41) is 47.5.